The molecule has 0 radical (unpaired) electrons. The fourth-order valence-corrected chi connectivity index (χ4v) is 1.33. The van der Waals surface area contributed by atoms with Gasteiger partial charge in [-0.3, -0.25) is 4.79 Å². The van der Waals surface area contributed by atoms with Gasteiger partial charge in [0, 0.05) is 12.5 Å². The van der Waals surface area contributed by atoms with Gasteiger partial charge in [0.1, 0.15) is 11.3 Å². The highest BCUT2D eigenvalue weighted by Gasteiger charge is 2.01. The smallest absolute Gasteiger partial charge is 0.192 e. The van der Waals surface area contributed by atoms with Gasteiger partial charge in [0.05, 0.1) is 5.39 Å². The van der Waals surface area contributed by atoms with E-state index >= 15 is 0 Å². The van der Waals surface area contributed by atoms with Crippen molar-refractivity contribution in [3.05, 3.63) is 46.3 Å². The van der Waals surface area contributed by atoms with Gasteiger partial charge in [-0.05, 0) is 26.2 Å². The molecule has 0 unspecified atom stereocenters. The summed E-state index contributed by atoms with van der Waals surface area (Å²) < 4.78 is 5.49. The van der Waals surface area contributed by atoms with Crippen molar-refractivity contribution in [1.82, 2.24) is 5.32 Å². The Morgan fingerprint density at radius 1 is 1.25 bits per heavy atom. The van der Waals surface area contributed by atoms with E-state index in [1.54, 1.807) is 12.1 Å². The number of nitrogens with one attached hydrogen (secondary N) is 1. The van der Waals surface area contributed by atoms with Gasteiger partial charge < -0.3 is 9.73 Å². The van der Waals surface area contributed by atoms with E-state index in [1.165, 1.54) is 0 Å². The van der Waals surface area contributed by atoms with Gasteiger partial charge in [0.2, 0.25) is 0 Å². The Kier molecular flexibility index (Phi) is 4.73. The summed E-state index contributed by atoms with van der Waals surface area (Å²) in [5.41, 5.74) is 0.713. The maximum atomic E-state index is 11.5. The predicted molar refractivity (Wildman–Crippen MR) is 66.8 cm³/mol. The molecule has 0 bridgehead atoms. The molecule has 0 aliphatic carbocycles. The number of hydrogen-bond donors (Lipinski definition) is 1. The van der Waals surface area contributed by atoms with E-state index in [1.807, 2.05) is 39.2 Å². The Bertz CT molecular complexity index is 503. The van der Waals surface area contributed by atoms with Gasteiger partial charge in [0.15, 0.2) is 5.43 Å². The SMILES string of the molecule is CCc1cc(=O)c2ccccc2o1.CNC. The molecule has 1 N–H and O–H groups in total. The third kappa shape index (κ3) is 2.94. The first-order valence-electron chi connectivity index (χ1n) is 5.33. The van der Waals surface area contributed by atoms with Gasteiger partial charge in [-0.25, -0.2) is 0 Å². The monoisotopic (exact) mass is 219 g/mol. The number of rotatable bonds is 1. The highest BCUT2D eigenvalue weighted by molar-refractivity contribution is 5.76. The molecule has 0 amide bonds. The highest BCUT2D eigenvalue weighted by atomic mass is 16.3. The number of aryl methyl sites for hydroxylation is 1. The molecule has 0 atom stereocenters. The van der Waals surface area contributed by atoms with Crippen LogP contribution in [-0.4, -0.2) is 14.1 Å². The maximum Gasteiger partial charge on any atom is 0.192 e. The first-order chi connectivity index (χ1) is 7.72. The third-order valence-electron chi connectivity index (χ3n) is 2.03. The van der Waals surface area contributed by atoms with Crippen molar-refractivity contribution in [1.29, 1.82) is 0 Å². The Labute approximate surface area is 95.1 Å². The van der Waals surface area contributed by atoms with Crippen molar-refractivity contribution in [2.75, 3.05) is 14.1 Å². The summed E-state index contributed by atoms with van der Waals surface area (Å²) in [4.78, 5) is 11.5. The van der Waals surface area contributed by atoms with Gasteiger partial charge in [-0.15, -0.1) is 0 Å². The largest absolute Gasteiger partial charge is 0.461 e. The summed E-state index contributed by atoms with van der Waals surface area (Å²) in [6.45, 7) is 1.97. The van der Waals surface area contributed by atoms with Gasteiger partial charge in [-0.2, -0.15) is 0 Å². The molecule has 1 aromatic heterocycles. The molecule has 0 saturated heterocycles. The van der Waals surface area contributed by atoms with Gasteiger partial charge >= 0.3 is 0 Å². The first kappa shape index (κ1) is 12.5. The van der Waals surface area contributed by atoms with E-state index in [-0.39, 0.29) is 5.43 Å². The lowest BCUT2D eigenvalue weighted by Gasteiger charge is -1.98. The Balaban J connectivity index is 0.000000386. The summed E-state index contributed by atoms with van der Waals surface area (Å²) in [7, 11) is 3.75. The molecule has 0 aliphatic heterocycles. The second-order valence-corrected chi connectivity index (χ2v) is 3.43. The molecule has 3 heteroatoms. The number of benzene rings is 1. The lowest BCUT2D eigenvalue weighted by molar-refractivity contribution is 0.543. The van der Waals surface area contributed by atoms with E-state index in [9.17, 15) is 4.79 Å². The predicted octanol–water partition coefficient (Wildman–Crippen LogP) is 2.19. The topological polar surface area (TPSA) is 42.2 Å². The fraction of sp³-hybridized carbons (Fsp3) is 0.308. The average Bonchev–Trinajstić information content (AvgIpc) is 2.30. The molecule has 3 nitrogen and oxygen atoms in total. The zero-order valence-electron chi connectivity index (χ0n) is 9.91. The summed E-state index contributed by atoms with van der Waals surface area (Å²) in [5.74, 6) is 0.740. The number of fused-ring (bicyclic) bond motifs is 1. The van der Waals surface area contributed by atoms with Crippen molar-refractivity contribution >= 4 is 11.0 Å². The number of hydrogen-bond acceptors (Lipinski definition) is 3. The van der Waals surface area contributed by atoms with Crippen LogP contribution in [0.2, 0.25) is 0 Å². The quantitative estimate of drug-likeness (QED) is 0.799. The van der Waals surface area contributed by atoms with Gasteiger partial charge in [-0.1, -0.05) is 19.1 Å². The zero-order chi connectivity index (χ0) is 12.0. The van der Waals surface area contributed by atoms with Crippen LogP contribution in [0, 0.1) is 0 Å². The van der Waals surface area contributed by atoms with Crippen molar-refractivity contribution in [2.45, 2.75) is 13.3 Å². The van der Waals surface area contributed by atoms with Crippen LogP contribution in [-0.2, 0) is 6.42 Å². The zero-order valence-corrected chi connectivity index (χ0v) is 9.91. The minimum absolute atomic E-state index is 0.0405. The van der Waals surface area contributed by atoms with Crippen LogP contribution < -0.4 is 10.7 Å². The second kappa shape index (κ2) is 6.08. The summed E-state index contributed by atoms with van der Waals surface area (Å²) in [6, 6.07) is 8.86. The maximum absolute atomic E-state index is 11.5. The summed E-state index contributed by atoms with van der Waals surface area (Å²) in [6.07, 6.45) is 0.750. The van der Waals surface area contributed by atoms with Crippen molar-refractivity contribution in [3.8, 4) is 0 Å². The molecular weight excluding hydrogens is 202 g/mol. The average molecular weight is 219 g/mol. The molecule has 2 aromatic rings. The molecule has 86 valence electrons. The molecular formula is C13H17NO2. The van der Waals surface area contributed by atoms with Crippen molar-refractivity contribution in [3.63, 3.8) is 0 Å². The van der Waals surface area contributed by atoms with Crippen LogP contribution in [0.25, 0.3) is 11.0 Å². The van der Waals surface area contributed by atoms with Crippen LogP contribution in [0.4, 0.5) is 0 Å². The van der Waals surface area contributed by atoms with Gasteiger partial charge in [0.25, 0.3) is 0 Å². The Morgan fingerprint density at radius 2 is 1.88 bits per heavy atom. The Hall–Kier alpha value is -1.61. The van der Waals surface area contributed by atoms with Crippen LogP contribution in [0.3, 0.4) is 0 Å². The lowest BCUT2D eigenvalue weighted by atomic mass is 10.2. The summed E-state index contributed by atoms with van der Waals surface area (Å²) >= 11 is 0. The van der Waals surface area contributed by atoms with Crippen LogP contribution >= 0.6 is 0 Å². The first-order valence-corrected chi connectivity index (χ1v) is 5.33. The van der Waals surface area contributed by atoms with Crippen molar-refractivity contribution in [2.24, 2.45) is 0 Å². The third-order valence-corrected chi connectivity index (χ3v) is 2.03. The van der Waals surface area contributed by atoms with E-state index in [0.717, 1.165) is 12.2 Å². The van der Waals surface area contributed by atoms with Crippen molar-refractivity contribution < 1.29 is 4.42 Å². The molecule has 0 fully saturated rings. The molecule has 1 aromatic carbocycles. The minimum Gasteiger partial charge on any atom is -0.461 e. The fourth-order valence-electron chi connectivity index (χ4n) is 1.33. The molecule has 0 aliphatic rings. The molecule has 0 saturated carbocycles. The highest BCUT2D eigenvalue weighted by Crippen LogP contribution is 2.11. The summed E-state index contributed by atoms with van der Waals surface area (Å²) in [5, 5.41) is 3.40. The Morgan fingerprint density at radius 3 is 2.50 bits per heavy atom. The lowest BCUT2D eigenvalue weighted by Crippen LogP contribution is -2.00. The molecule has 2 rings (SSSR count). The molecule has 0 spiro atoms. The normalized spacial score (nSPS) is 9.69. The van der Waals surface area contributed by atoms with Crippen LogP contribution in [0.15, 0.2) is 39.5 Å². The van der Waals surface area contributed by atoms with E-state index in [0.29, 0.717) is 11.0 Å². The van der Waals surface area contributed by atoms with Crippen LogP contribution in [0.1, 0.15) is 12.7 Å². The van der Waals surface area contributed by atoms with E-state index in [2.05, 4.69) is 5.32 Å². The minimum atomic E-state index is 0.0405. The van der Waals surface area contributed by atoms with E-state index < -0.39 is 0 Å². The second-order valence-electron chi connectivity index (χ2n) is 3.43. The standard InChI is InChI=1S/C11H10O2.C2H7N/c1-2-8-7-10(12)9-5-3-4-6-11(9)13-8;1-3-2/h3-7H,2H2,1H3;3H,1-2H3. The van der Waals surface area contributed by atoms with Crippen LogP contribution in [0.5, 0.6) is 0 Å². The molecule has 16 heavy (non-hydrogen) atoms. The molecule has 1 heterocycles. The van der Waals surface area contributed by atoms with E-state index in [4.69, 9.17) is 4.42 Å². The number of para-hydroxylation sites is 1.